The Labute approximate surface area is 115 Å². The summed E-state index contributed by atoms with van der Waals surface area (Å²) in [6.07, 6.45) is 4.55. The number of aromatic nitrogens is 2. The second kappa shape index (κ2) is 6.19. The third-order valence-electron chi connectivity index (χ3n) is 3.69. The lowest BCUT2D eigenvalue weighted by atomic mass is 10.2. The molecule has 0 aromatic carbocycles. The minimum Gasteiger partial charge on any atom is -0.368 e. The van der Waals surface area contributed by atoms with Gasteiger partial charge >= 0.3 is 0 Å². The van der Waals surface area contributed by atoms with E-state index in [9.17, 15) is 0 Å². The maximum absolute atomic E-state index is 4.50. The first-order valence-corrected chi connectivity index (χ1v) is 7.15. The molecule has 106 valence electrons. The van der Waals surface area contributed by atoms with Gasteiger partial charge in [-0.05, 0) is 40.7 Å². The SMILES string of the molecule is CCNc1ncc(C)c(NCC(C)N(C)C2CC2)n1. The van der Waals surface area contributed by atoms with Gasteiger partial charge in [-0.2, -0.15) is 4.98 Å². The second-order valence-electron chi connectivity index (χ2n) is 5.38. The Kier molecular flexibility index (Phi) is 4.58. The van der Waals surface area contributed by atoms with E-state index in [-0.39, 0.29) is 0 Å². The molecular formula is C14H25N5. The van der Waals surface area contributed by atoms with Gasteiger partial charge in [0.1, 0.15) is 5.82 Å². The first-order chi connectivity index (χ1) is 9.11. The zero-order valence-corrected chi connectivity index (χ0v) is 12.4. The van der Waals surface area contributed by atoms with Crippen molar-refractivity contribution in [1.29, 1.82) is 0 Å². The predicted molar refractivity (Wildman–Crippen MR) is 79.7 cm³/mol. The zero-order chi connectivity index (χ0) is 13.8. The molecule has 0 radical (unpaired) electrons. The fourth-order valence-corrected chi connectivity index (χ4v) is 2.09. The smallest absolute Gasteiger partial charge is 0.224 e. The average Bonchev–Trinajstić information content (AvgIpc) is 3.22. The Morgan fingerprint density at radius 3 is 2.79 bits per heavy atom. The molecule has 1 heterocycles. The van der Waals surface area contributed by atoms with E-state index in [2.05, 4.69) is 39.5 Å². The normalized spacial score (nSPS) is 16.5. The number of likely N-dealkylation sites (N-methyl/N-ethyl adjacent to an activating group) is 1. The highest BCUT2D eigenvalue weighted by atomic mass is 15.2. The van der Waals surface area contributed by atoms with Crippen LogP contribution in [0.15, 0.2) is 6.20 Å². The third kappa shape index (κ3) is 3.80. The van der Waals surface area contributed by atoms with Crippen LogP contribution in [0.3, 0.4) is 0 Å². The lowest BCUT2D eigenvalue weighted by Crippen LogP contribution is -2.36. The van der Waals surface area contributed by atoms with E-state index in [4.69, 9.17) is 0 Å². The van der Waals surface area contributed by atoms with E-state index in [0.717, 1.165) is 30.5 Å². The van der Waals surface area contributed by atoms with E-state index < -0.39 is 0 Å². The summed E-state index contributed by atoms with van der Waals surface area (Å²) in [7, 11) is 2.21. The summed E-state index contributed by atoms with van der Waals surface area (Å²) in [5.41, 5.74) is 1.09. The molecule has 1 fully saturated rings. The van der Waals surface area contributed by atoms with Gasteiger partial charge in [0.2, 0.25) is 5.95 Å². The first-order valence-electron chi connectivity index (χ1n) is 7.15. The molecule has 1 aromatic rings. The maximum Gasteiger partial charge on any atom is 0.224 e. The van der Waals surface area contributed by atoms with Crippen molar-refractivity contribution < 1.29 is 0 Å². The van der Waals surface area contributed by atoms with E-state index in [1.807, 2.05) is 20.0 Å². The second-order valence-corrected chi connectivity index (χ2v) is 5.38. The molecular weight excluding hydrogens is 238 g/mol. The number of hydrogen-bond donors (Lipinski definition) is 2. The van der Waals surface area contributed by atoms with Crippen molar-refractivity contribution >= 4 is 11.8 Å². The molecule has 0 aliphatic heterocycles. The van der Waals surface area contributed by atoms with Crippen molar-refractivity contribution in [2.75, 3.05) is 30.8 Å². The summed E-state index contributed by atoms with van der Waals surface area (Å²) >= 11 is 0. The van der Waals surface area contributed by atoms with Crippen molar-refractivity contribution in [1.82, 2.24) is 14.9 Å². The molecule has 0 spiro atoms. The summed E-state index contributed by atoms with van der Waals surface area (Å²) in [5, 5.41) is 6.58. The molecule has 2 rings (SSSR count). The monoisotopic (exact) mass is 263 g/mol. The lowest BCUT2D eigenvalue weighted by Gasteiger charge is -2.25. The van der Waals surface area contributed by atoms with Crippen LogP contribution in [0, 0.1) is 6.92 Å². The molecule has 5 heteroatoms. The van der Waals surface area contributed by atoms with Crippen LogP contribution < -0.4 is 10.6 Å². The quantitative estimate of drug-likeness (QED) is 0.789. The van der Waals surface area contributed by atoms with Crippen molar-refractivity contribution in [2.24, 2.45) is 0 Å². The molecule has 1 aliphatic carbocycles. The summed E-state index contributed by atoms with van der Waals surface area (Å²) < 4.78 is 0. The van der Waals surface area contributed by atoms with E-state index >= 15 is 0 Å². The van der Waals surface area contributed by atoms with Crippen LogP contribution in [-0.4, -0.2) is 47.1 Å². The Balaban J connectivity index is 1.92. The molecule has 2 N–H and O–H groups in total. The van der Waals surface area contributed by atoms with Crippen molar-refractivity contribution in [3.63, 3.8) is 0 Å². The molecule has 5 nitrogen and oxygen atoms in total. The minimum atomic E-state index is 0.518. The van der Waals surface area contributed by atoms with E-state index in [1.54, 1.807) is 0 Å². The van der Waals surface area contributed by atoms with Crippen LogP contribution in [-0.2, 0) is 0 Å². The molecule has 1 saturated carbocycles. The van der Waals surface area contributed by atoms with Gasteiger partial charge in [0.05, 0.1) is 0 Å². The van der Waals surface area contributed by atoms with Crippen LogP contribution in [0.2, 0.25) is 0 Å². The highest BCUT2D eigenvalue weighted by Crippen LogP contribution is 2.27. The molecule has 1 atom stereocenters. The topological polar surface area (TPSA) is 53.1 Å². The first kappa shape index (κ1) is 14.1. The zero-order valence-electron chi connectivity index (χ0n) is 12.4. The van der Waals surface area contributed by atoms with Gasteiger partial charge in [-0.3, -0.25) is 4.90 Å². The fraction of sp³-hybridized carbons (Fsp3) is 0.714. The van der Waals surface area contributed by atoms with Gasteiger partial charge in [-0.25, -0.2) is 4.98 Å². The Morgan fingerprint density at radius 1 is 1.42 bits per heavy atom. The van der Waals surface area contributed by atoms with Crippen LogP contribution in [0.25, 0.3) is 0 Å². The van der Waals surface area contributed by atoms with Gasteiger partial charge in [0.15, 0.2) is 0 Å². The van der Waals surface area contributed by atoms with Crippen LogP contribution >= 0.6 is 0 Å². The van der Waals surface area contributed by atoms with Crippen molar-refractivity contribution in [3.8, 4) is 0 Å². The van der Waals surface area contributed by atoms with E-state index in [0.29, 0.717) is 12.0 Å². The molecule has 1 aliphatic rings. The summed E-state index contributed by atoms with van der Waals surface area (Å²) in [6, 6.07) is 1.31. The number of aryl methyl sites for hydroxylation is 1. The molecule has 0 saturated heterocycles. The number of hydrogen-bond acceptors (Lipinski definition) is 5. The van der Waals surface area contributed by atoms with Crippen LogP contribution in [0.4, 0.5) is 11.8 Å². The largest absolute Gasteiger partial charge is 0.368 e. The Morgan fingerprint density at radius 2 is 2.16 bits per heavy atom. The third-order valence-corrected chi connectivity index (χ3v) is 3.69. The number of rotatable bonds is 7. The van der Waals surface area contributed by atoms with Crippen LogP contribution in [0.1, 0.15) is 32.3 Å². The predicted octanol–water partition coefficient (Wildman–Crippen LogP) is 2.11. The van der Waals surface area contributed by atoms with Crippen molar-refractivity contribution in [2.45, 2.75) is 45.7 Å². The average molecular weight is 263 g/mol. The molecule has 1 aromatic heterocycles. The highest BCUT2D eigenvalue weighted by Gasteiger charge is 2.28. The van der Waals surface area contributed by atoms with Gasteiger partial charge < -0.3 is 10.6 Å². The van der Waals surface area contributed by atoms with Gasteiger partial charge in [0, 0.05) is 36.9 Å². The van der Waals surface area contributed by atoms with Gasteiger partial charge in [0.25, 0.3) is 0 Å². The van der Waals surface area contributed by atoms with E-state index in [1.165, 1.54) is 12.8 Å². The van der Waals surface area contributed by atoms with Gasteiger partial charge in [-0.1, -0.05) is 0 Å². The molecule has 0 amide bonds. The molecule has 0 bridgehead atoms. The summed E-state index contributed by atoms with van der Waals surface area (Å²) in [4.78, 5) is 11.2. The van der Waals surface area contributed by atoms with Crippen molar-refractivity contribution in [3.05, 3.63) is 11.8 Å². The van der Waals surface area contributed by atoms with Gasteiger partial charge in [-0.15, -0.1) is 0 Å². The lowest BCUT2D eigenvalue weighted by molar-refractivity contribution is 0.257. The Bertz CT molecular complexity index is 416. The Hall–Kier alpha value is -1.36. The standard InChI is InChI=1S/C14H25N5/c1-5-15-14-17-8-10(2)13(18-14)16-9-11(3)19(4)12-6-7-12/h8,11-12H,5-7,9H2,1-4H3,(H2,15,16,17,18). The van der Waals surface area contributed by atoms with Crippen LogP contribution in [0.5, 0.6) is 0 Å². The number of anilines is 2. The summed E-state index contributed by atoms with van der Waals surface area (Å²) in [6.45, 7) is 8.09. The maximum atomic E-state index is 4.50. The fourth-order valence-electron chi connectivity index (χ4n) is 2.09. The number of nitrogens with one attached hydrogen (secondary N) is 2. The minimum absolute atomic E-state index is 0.518. The number of nitrogens with zero attached hydrogens (tertiary/aromatic N) is 3. The molecule has 1 unspecified atom stereocenters. The summed E-state index contributed by atoms with van der Waals surface area (Å²) in [5.74, 6) is 1.63. The molecule has 19 heavy (non-hydrogen) atoms. The highest BCUT2D eigenvalue weighted by molar-refractivity contribution is 5.46.